The Bertz CT molecular complexity index is 833. The Morgan fingerprint density at radius 1 is 1.16 bits per heavy atom. The summed E-state index contributed by atoms with van der Waals surface area (Å²) in [4.78, 5) is 13.3. The lowest BCUT2D eigenvalue weighted by Gasteiger charge is -2.60. The summed E-state index contributed by atoms with van der Waals surface area (Å²) >= 11 is 0. The number of rotatable bonds is 7. The second-order valence-corrected chi connectivity index (χ2v) is 10.5. The fourth-order valence-electron chi connectivity index (χ4n) is 7.16. The van der Waals surface area contributed by atoms with Crippen LogP contribution < -0.4 is 15.8 Å². The van der Waals surface area contributed by atoms with Crippen LogP contribution in [-0.2, 0) is 14.9 Å². The van der Waals surface area contributed by atoms with Crippen molar-refractivity contribution in [1.82, 2.24) is 5.32 Å². The van der Waals surface area contributed by atoms with Crippen molar-refractivity contribution in [1.29, 1.82) is 0 Å². The van der Waals surface area contributed by atoms with Gasteiger partial charge in [-0.3, -0.25) is 4.79 Å². The van der Waals surface area contributed by atoms with E-state index >= 15 is 0 Å². The minimum absolute atomic E-state index is 0.158. The van der Waals surface area contributed by atoms with E-state index in [0.717, 1.165) is 50.6 Å². The van der Waals surface area contributed by atoms with E-state index in [1.165, 1.54) is 24.8 Å². The molecule has 6 heteroatoms. The molecule has 6 rings (SSSR count). The van der Waals surface area contributed by atoms with Gasteiger partial charge in [-0.15, -0.1) is 0 Å². The quantitative estimate of drug-likeness (QED) is 0.672. The maximum Gasteiger partial charge on any atom is 0.223 e. The van der Waals surface area contributed by atoms with Crippen molar-refractivity contribution in [3.63, 3.8) is 0 Å². The Balaban J connectivity index is 1.26. The fourth-order valence-corrected chi connectivity index (χ4v) is 7.16. The third-order valence-corrected chi connectivity index (χ3v) is 8.45. The van der Waals surface area contributed by atoms with Crippen LogP contribution in [0.25, 0.3) is 0 Å². The monoisotopic (exact) mass is 442 g/mol. The number of halogens is 1. The maximum absolute atomic E-state index is 13.3. The standard InChI is InChI=1S/C26H35FN2O3/c27-14-18(15-28)16-32-23-3-1-21(2-4-23)26-11-17-9-19(12-26)24(20(10-17)13-26)25(30)29-22-5-7-31-8-6-22/h1-4,14,17,19-20,22,24H,5-13,15-16,28H2,(H,29,30)/b18-14+/t17?,19?,20?,24-,26+. The van der Waals surface area contributed by atoms with Crippen LogP contribution in [0.2, 0.25) is 0 Å². The summed E-state index contributed by atoms with van der Waals surface area (Å²) in [7, 11) is 0. The van der Waals surface area contributed by atoms with E-state index in [1.54, 1.807) is 0 Å². The molecule has 5 nitrogen and oxygen atoms in total. The lowest BCUT2D eigenvalue weighted by atomic mass is 9.44. The Kier molecular flexibility index (Phi) is 6.26. The van der Waals surface area contributed by atoms with Gasteiger partial charge < -0.3 is 20.5 Å². The Labute approximate surface area is 189 Å². The highest BCUT2D eigenvalue weighted by Crippen LogP contribution is 2.63. The van der Waals surface area contributed by atoms with Crippen LogP contribution in [0.15, 0.2) is 36.2 Å². The molecule has 1 heterocycles. The molecule has 1 amide bonds. The van der Waals surface area contributed by atoms with Crippen LogP contribution >= 0.6 is 0 Å². The normalized spacial score (nSPS) is 34.5. The predicted molar refractivity (Wildman–Crippen MR) is 121 cm³/mol. The first-order valence-electron chi connectivity index (χ1n) is 12.2. The van der Waals surface area contributed by atoms with Crippen molar-refractivity contribution in [3.05, 3.63) is 41.7 Å². The summed E-state index contributed by atoms with van der Waals surface area (Å²) < 4.78 is 23.9. The first-order valence-corrected chi connectivity index (χ1v) is 12.2. The maximum atomic E-state index is 13.3. The molecule has 2 atom stereocenters. The molecular formula is C26H35FN2O3. The van der Waals surface area contributed by atoms with Crippen molar-refractivity contribution in [3.8, 4) is 5.75 Å². The number of hydrogen-bond acceptors (Lipinski definition) is 4. The molecule has 0 spiro atoms. The largest absolute Gasteiger partial charge is 0.489 e. The highest BCUT2D eigenvalue weighted by atomic mass is 19.1. The van der Waals surface area contributed by atoms with E-state index in [-0.39, 0.29) is 30.5 Å². The van der Waals surface area contributed by atoms with Gasteiger partial charge in [-0.1, -0.05) is 12.1 Å². The Morgan fingerprint density at radius 3 is 2.47 bits per heavy atom. The molecule has 5 aliphatic rings. The average molecular weight is 443 g/mol. The molecule has 0 radical (unpaired) electrons. The molecule has 1 aromatic carbocycles. The molecule has 0 aromatic heterocycles. The van der Waals surface area contributed by atoms with Gasteiger partial charge in [0.15, 0.2) is 0 Å². The summed E-state index contributed by atoms with van der Waals surface area (Å²) in [6.45, 7) is 1.84. The number of nitrogens with two attached hydrogens (primary N) is 1. The SMILES string of the molecule is NC/C(=C\F)COc1ccc([C@]23CC4CC(C2)[C@H](C(=O)NC2CCOCC2)C(C4)C3)cc1. The first-order chi connectivity index (χ1) is 15.6. The van der Waals surface area contributed by atoms with Gasteiger partial charge >= 0.3 is 0 Å². The van der Waals surface area contributed by atoms with Crippen LogP contribution in [0.1, 0.15) is 50.5 Å². The first kappa shape index (κ1) is 21.9. The van der Waals surface area contributed by atoms with Crippen molar-refractivity contribution in [2.45, 2.75) is 56.4 Å². The lowest BCUT2D eigenvalue weighted by Crippen LogP contribution is -2.57. The number of carbonyl (C=O) groups is 1. The highest BCUT2D eigenvalue weighted by Gasteiger charge is 2.57. The summed E-state index contributed by atoms with van der Waals surface area (Å²) in [5.74, 6) is 2.91. The Hall–Kier alpha value is -1.92. The van der Waals surface area contributed by atoms with Crippen molar-refractivity contribution >= 4 is 5.91 Å². The topological polar surface area (TPSA) is 73.6 Å². The molecule has 4 aliphatic carbocycles. The third-order valence-electron chi connectivity index (χ3n) is 8.45. The van der Waals surface area contributed by atoms with Gasteiger partial charge in [0.25, 0.3) is 0 Å². The number of nitrogens with one attached hydrogen (secondary N) is 1. The zero-order valence-electron chi connectivity index (χ0n) is 18.7. The van der Waals surface area contributed by atoms with E-state index in [9.17, 15) is 9.18 Å². The summed E-state index contributed by atoms with van der Waals surface area (Å²) in [6, 6.07) is 8.63. The van der Waals surface area contributed by atoms with Gasteiger partial charge in [0, 0.05) is 37.3 Å². The van der Waals surface area contributed by atoms with E-state index in [4.69, 9.17) is 15.2 Å². The molecule has 1 aromatic rings. The zero-order chi connectivity index (χ0) is 22.1. The van der Waals surface area contributed by atoms with E-state index in [0.29, 0.717) is 29.6 Å². The van der Waals surface area contributed by atoms with Gasteiger partial charge in [-0.05, 0) is 85.8 Å². The van der Waals surface area contributed by atoms with Crippen molar-refractivity contribution in [2.75, 3.05) is 26.4 Å². The van der Waals surface area contributed by atoms with Crippen LogP contribution in [-0.4, -0.2) is 38.3 Å². The number of hydrogen-bond donors (Lipinski definition) is 2. The lowest BCUT2D eigenvalue weighted by molar-refractivity contribution is -0.141. The molecule has 32 heavy (non-hydrogen) atoms. The van der Waals surface area contributed by atoms with Gasteiger partial charge in [0.1, 0.15) is 12.4 Å². The van der Waals surface area contributed by atoms with Crippen LogP contribution in [0, 0.1) is 23.7 Å². The molecule has 4 saturated carbocycles. The average Bonchev–Trinajstić information content (AvgIpc) is 2.80. The minimum Gasteiger partial charge on any atom is -0.489 e. The summed E-state index contributed by atoms with van der Waals surface area (Å²) in [5.41, 5.74) is 7.50. The summed E-state index contributed by atoms with van der Waals surface area (Å²) in [6.07, 6.45) is 8.23. The number of amides is 1. The van der Waals surface area contributed by atoms with Crippen molar-refractivity contribution in [2.24, 2.45) is 29.4 Å². The zero-order valence-corrected chi connectivity index (χ0v) is 18.7. The predicted octanol–water partition coefficient (Wildman–Crippen LogP) is 3.87. The van der Waals surface area contributed by atoms with Gasteiger partial charge in [-0.2, -0.15) is 0 Å². The number of carbonyl (C=O) groups excluding carboxylic acids is 1. The van der Waals surface area contributed by atoms with Crippen LogP contribution in [0.4, 0.5) is 4.39 Å². The second kappa shape index (κ2) is 9.14. The third kappa shape index (κ3) is 4.19. The minimum atomic E-state index is 0.158. The van der Waals surface area contributed by atoms with E-state index in [1.807, 2.05) is 12.1 Å². The smallest absolute Gasteiger partial charge is 0.223 e. The van der Waals surface area contributed by atoms with Crippen LogP contribution in [0.5, 0.6) is 5.75 Å². The molecule has 1 saturated heterocycles. The van der Waals surface area contributed by atoms with Crippen molar-refractivity contribution < 1.29 is 18.7 Å². The van der Waals surface area contributed by atoms with Gasteiger partial charge in [0.05, 0.1) is 6.33 Å². The molecule has 3 N–H and O–H groups in total. The fraction of sp³-hybridized carbons (Fsp3) is 0.654. The highest BCUT2D eigenvalue weighted by molar-refractivity contribution is 5.80. The number of ether oxygens (including phenoxy) is 2. The van der Waals surface area contributed by atoms with Gasteiger partial charge in [0.2, 0.25) is 5.91 Å². The molecule has 2 unspecified atom stereocenters. The van der Waals surface area contributed by atoms with Crippen LogP contribution in [0.3, 0.4) is 0 Å². The summed E-state index contributed by atoms with van der Waals surface area (Å²) in [5, 5.41) is 3.36. The number of benzene rings is 1. The molecular weight excluding hydrogens is 407 g/mol. The van der Waals surface area contributed by atoms with E-state index < -0.39 is 0 Å². The molecule has 4 bridgehead atoms. The van der Waals surface area contributed by atoms with Gasteiger partial charge in [-0.25, -0.2) is 4.39 Å². The molecule has 5 fully saturated rings. The Morgan fingerprint density at radius 2 is 1.84 bits per heavy atom. The molecule has 1 aliphatic heterocycles. The van der Waals surface area contributed by atoms with E-state index in [2.05, 4.69) is 17.4 Å². The molecule has 174 valence electrons. The second-order valence-electron chi connectivity index (χ2n) is 10.5.